The molecule has 1 fully saturated rings. The number of rotatable bonds is 4. The zero-order valence-electron chi connectivity index (χ0n) is 10.4. The monoisotopic (exact) mass is 277 g/mol. The Kier molecular flexibility index (Phi) is 3.66. The van der Waals surface area contributed by atoms with Crippen LogP contribution in [0.25, 0.3) is 10.6 Å². The Morgan fingerprint density at radius 3 is 3.11 bits per heavy atom. The zero-order chi connectivity index (χ0) is 13.1. The summed E-state index contributed by atoms with van der Waals surface area (Å²) in [6.45, 7) is 1.65. The van der Waals surface area contributed by atoms with Gasteiger partial charge in [-0.25, -0.2) is 0 Å². The predicted molar refractivity (Wildman–Crippen MR) is 72.8 cm³/mol. The van der Waals surface area contributed by atoms with Gasteiger partial charge in [-0.3, -0.25) is 4.79 Å². The smallest absolute Gasteiger partial charge is 0.225 e. The molecule has 0 aliphatic carbocycles. The van der Waals surface area contributed by atoms with Crippen LogP contribution in [0, 0.1) is 5.92 Å². The average molecular weight is 277 g/mol. The summed E-state index contributed by atoms with van der Waals surface area (Å²) in [6.07, 6.45) is 0.810. The molecular weight excluding hydrogens is 262 g/mol. The minimum Gasteiger partial charge on any atom is -0.458 e. The standard InChI is InChI=1S/C14H15NO3S/c16-14(10-5-6-17-9-10)15-8-11-3-4-12(18-11)13-2-1-7-19-13/h1-4,7,10H,5-6,8-9H2,(H,15,16)/t10-/m1/s1. The number of amides is 1. The Bertz CT molecular complexity index is 541. The van der Waals surface area contributed by atoms with Crippen LogP contribution in [0.2, 0.25) is 0 Å². The van der Waals surface area contributed by atoms with Gasteiger partial charge in [0.15, 0.2) is 0 Å². The number of carbonyl (C=O) groups excluding carboxylic acids is 1. The summed E-state index contributed by atoms with van der Waals surface area (Å²) in [6, 6.07) is 7.85. The number of furan rings is 1. The van der Waals surface area contributed by atoms with Gasteiger partial charge in [0.05, 0.1) is 23.9 Å². The maximum absolute atomic E-state index is 11.8. The van der Waals surface area contributed by atoms with Gasteiger partial charge in [-0.05, 0) is 30.0 Å². The van der Waals surface area contributed by atoms with Crippen LogP contribution in [-0.4, -0.2) is 19.1 Å². The summed E-state index contributed by atoms with van der Waals surface area (Å²) in [5.41, 5.74) is 0. The van der Waals surface area contributed by atoms with Crippen LogP contribution >= 0.6 is 11.3 Å². The molecule has 2 aromatic rings. The van der Waals surface area contributed by atoms with Crippen molar-refractivity contribution in [2.75, 3.05) is 13.2 Å². The molecule has 3 rings (SSSR count). The normalized spacial score (nSPS) is 18.6. The topological polar surface area (TPSA) is 51.5 Å². The molecule has 5 heteroatoms. The van der Waals surface area contributed by atoms with Gasteiger partial charge in [-0.15, -0.1) is 11.3 Å². The molecule has 19 heavy (non-hydrogen) atoms. The lowest BCUT2D eigenvalue weighted by atomic mass is 10.1. The first kappa shape index (κ1) is 12.4. The highest BCUT2D eigenvalue weighted by atomic mass is 32.1. The Balaban J connectivity index is 1.57. The Hall–Kier alpha value is -1.59. The Morgan fingerprint density at radius 1 is 1.42 bits per heavy atom. The Labute approximate surface area is 115 Å². The molecule has 1 amide bonds. The SMILES string of the molecule is O=C(NCc1ccc(-c2cccs2)o1)[C@@H]1CCOC1. The van der Waals surface area contributed by atoms with Crippen molar-refractivity contribution in [3.05, 3.63) is 35.4 Å². The van der Waals surface area contributed by atoms with E-state index >= 15 is 0 Å². The van der Waals surface area contributed by atoms with Gasteiger partial charge in [0.2, 0.25) is 5.91 Å². The fraction of sp³-hybridized carbons (Fsp3) is 0.357. The van der Waals surface area contributed by atoms with Gasteiger partial charge in [-0.2, -0.15) is 0 Å². The summed E-state index contributed by atoms with van der Waals surface area (Å²) in [4.78, 5) is 12.9. The van der Waals surface area contributed by atoms with E-state index in [-0.39, 0.29) is 11.8 Å². The van der Waals surface area contributed by atoms with Crippen LogP contribution in [0.5, 0.6) is 0 Å². The quantitative estimate of drug-likeness (QED) is 0.934. The molecule has 0 unspecified atom stereocenters. The van der Waals surface area contributed by atoms with Crippen LogP contribution in [0.1, 0.15) is 12.2 Å². The molecule has 1 N–H and O–H groups in total. The molecule has 0 bridgehead atoms. The van der Waals surface area contributed by atoms with E-state index in [9.17, 15) is 4.79 Å². The summed E-state index contributed by atoms with van der Waals surface area (Å²) in [7, 11) is 0. The zero-order valence-corrected chi connectivity index (χ0v) is 11.2. The number of hydrogen-bond donors (Lipinski definition) is 1. The predicted octanol–water partition coefficient (Wildman–Crippen LogP) is 2.66. The van der Waals surface area contributed by atoms with Crippen LogP contribution in [0.15, 0.2) is 34.1 Å². The molecule has 1 saturated heterocycles. The highest BCUT2D eigenvalue weighted by Gasteiger charge is 2.23. The van der Waals surface area contributed by atoms with E-state index in [0.717, 1.165) is 22.8 Å². The third-order valence-electron chi connectivity index (χ3n) is 3.16. The average Bonchev–Trinajstić information content (AvgIpc) is 3.14. The third-order valence-corrected chi connectivity index (χ3v) is 4.05. The lowest BCUT2D eigenvalue weighted by Gasteiger charge is -2.07. The molecule has 0 saturated carbocycles. The lowest BCUT2D eigenvalue weighted by Crippen LogP contribution is -2.30. The van der Waals surface area contributed by atoms with E-state index in [2.05, 4.69) is 5.32 Å². The van der Waals surface area contributed by atoms with Crippen molar-refractivity contribution in [3.8, 4) is 10.6 Å². The second-order valence-electron chi connectivity index (χ2n) is 4.52. The summed E-state index contributed by atoms with van der Waals surface area (Å²) in [5, 5.41) is 4.90. The van der Waals surface area contributed by atoms with E-state index in [0.29, 0.717) is 19.8 Å². The van der Waals surface area contributed by atoms with Crippen LogP contribution < -0.4 is 5.32 Å². The fourth-order valence-corrected chi connectivity index (χ4v) is 2.77. The number of ether oxygens (including phenoxy) is 1. The molecule has 1 atom stereocenters. The van der Waals surface area contributed by atoms with Gasteiger partial charge >= 0.3 is 0 Å². The van der Waals surface area contributed by atoms with Gasteiger partial charge in [0.1, 0.15) is 11.5 Å². The van der Waals surface area contributed by atoms with Gasteiger partial charge in [0.25, 0.3) is 0 Å². The highest BCUT2D eigenvalue weighted by molar-refractivity contribution is 7.13. The van der Waals surface area contributed by atoms with Crippen molar-refractivity contribution < 1.29 is 13.9 Å². The number of carbonyl (C=O) groups is 1. The van der Waals surface area contributed by atoms with Crippen LogP contribution in [-0.2, 0) is 16.1 Å². The van der Waals surface area contributed by atoms with Crippen molar-refractivity contribution in [2.45, 2.75) is 13.0 Å². The second kappa shape index (κ2) is 5.59. The molecule has 1 aliphatic rings. The molecule has 100 valence electrons. The van der Waals surface area contributed by atoms with Crippen molar-refractivity contribution in [1.29, 1.82) is 0 Å². The maximum atomic E-state index is 11.8. The minimum absolute atomic E-state index is 0.00766. The largest absolute Gasteiger partial charge is 0.458 e. The second-order valence-corrected chi connectivity index (χ2v) is 5.47. The molecule has 0 spiro atoms. The maximum Gasteiger partial charge on any atom is 0.225 e. The summed E-state index contributed by atoms with van der Waals surface area (Å²) >= 11 is 1.64. The van der Waals surface area contributed by atoms with E-state index in [1.54, 1.807) is 11.3 Å². The molecule has 2 aromatic heterocycles. The van der Waals surface area contributed by atoms with Crippen LogP contribution in [0.3, 0.4) is 0 Å². The summed E-state index contributed by atoms with van der Waals surface area (Å²) < 4.78 is 10.9. The van der Waals surface area contributed by atoms with Crippen LogP contribution in [0.4, 0.5) is 0 Å². The van der Waals surface area contributed by atoms with E-state index < -0.39 is 0 Å². The van der Waals surface area contributed by atoms with Crippen molar-refractivity contribution in [3.63, 3.8) is 0 Å². The Morgan fingerprint density at radius 2 is 2.37 bits per heavy atom. The van der Waals surface area contributed by atoms with E-state index in [1.165, 1.54) is 0 Å². The van der Waals surface area contributed by atoms with Crippen molar-refractivity contribution >= 4 is 17.2 Å². The third kappa shape index (κ3) is 2.88. The molecule has 0 radical (unpaired) electrons. The van der Waals surface area contributed by atoms with Gasteiger partial charge < -0.3 is 14.5 Å². The molecular formula is C14H15NO3S. The van der Waals surface area contributed by atoms with Crippen molar-refractivity contribution in [2.24, 2.45) is 5.92 Å². The fourth-order valence-electron chi connectivity index (χ4n) is 2.08. The highest BCUT2D eigenvalue weighted by Crippen LogP contribution is 2.26. The lowest BCUT2D eigenvalue weighted by molar-refractivity contribution is -0.125. The van der Waals surface area contributed by atoms with Gasteiger partial charge in [0, 0.05) is 6.61 Å². The first-order valence-corrected chi connectivity index (χ1v) is 7.19. The minimum atomic E-state index is -0.00766. The first-order chi connectivity index (χ1) is 9.33. The number of nitrogens with one attached hydrogen (secondary N) is 1. The van der Waals surface area contributed by atoms with E-state index in [1.807, 2.05) is 29.6 Å². The van der Waals surface area contributed by atoms with Gasteiger partial charge in [-0.1, -0.05) is 6.07 Å². The first-order valence-electron chi connectivity index (χ1n) is 6.31. The molecule has 3 heterocycles. The number of hydrogen-bond acceptors (Lipinski definition) is 4. The number of thiophene rings is 1. The van der Waals surface area contributed by atoms with E-state index in [4.69, 9.17) is 9.15 Å². The molecule has 0 aromatic carbocycles. The summed E-state index contributed by atoms with van der Waals surface area (Å²) in [5.74, 6) is 1.66. The molecule has 1 aliphatic heterocycles. The van der Waals surface area contributed by atoms with Crippen molar-refractivity contribution in [1.82, 2.24) is 5.32 Å². The molecule has 4 nitrogen and oxygen atoms in total.